The van der Waals surface area contributed by atoms with Crippen LogP contribution in [0, 0.1) is 25.7 Å². The first-order valence-corrected chi connectivity index (χ1v) is 18.1. The maximum atomic E-state index is 17.2. The summed E-state index contributed by atoms with van der Waals surface area (Å²) >= 11 is 0. The molecule has 0 N–H and O–H groups in total. The zero-order chi connectivity index (χ0) is 32.5. The largest absolute Gasteiger partial charge is 0.737 e. The summed E-state index contributed by atoms with van der Waals surface area (Å²) in [5.41, 5.74) is 13.4. The van der Waals surface area contributed by atoms with Gasteiger partial charge in [0, 0.05) is 95.2 Å². The number of aromatic nitrogens is 2. The van der Waals surface area contributed by atoms with Crippen LogP contribution in [0.1, 0.15) is 121 Å². The fourth-order valence-corrected chi connectivity index (χ4v) is 12.9. The monoisotopic (exact) mass is 646 g/mol. The predicted molar refractivity (Wildman–Crippen MR) is 181 cm³/mol. The minimum atomic E-state index is -4.13. The van der Waals surface area contributed by atoms with Gasteiger partial charge in [-0.15, -0.1) is 0 Å². The Kier molecular flexibility index (Phi) is 4.50. The summed E-state index contributed by atoms with van der Waals surface area (Å²) in [6.45, 7) is -0.796. The molecule has 9 aliphatic carbocycles. The fourth-order valence-electron chi connectivity index (χ4n) is 12.9. The zero-order valence-corrected chi connectivity index (χ0v) is 27.6. The van der Waals surface area contributed by atoms with Gasteiger partial charge in [0.25, 0.3) is 0 Å². The second-order valence-corrected chi connectivity index (χ2v) is 16.2. The third-order valence-electron chi connectivity index (χ3n) is 14.4. The molecule has 6 atom stereocenters. The molecule has 0 aromatic carbocycles. The van der Waals surface area contributed by atoms with Gasteiger partial charge >= 0.3 is 13.9 Å². The van der Waals surface area contributed by atoms with Gasteiger partial charge in [-0.05, 0) is 86.0 Å². The van der Waals surface area contributed by atoms with Gasteiger partial charge in [0.05, 0.1) is 0 Å². The summed E-state index contributed by atoms with van der Waals surface area (Å²) in [4.78, 5) is 0. The van der Waals surface area contributed by atoms with Crippen molar-refractivity contribution in [2.45, 2.75) is 89.9 Å². The molecule has 0 spiro atoms. The molecule has 2 aromatic heterocycles. The van der Waals surface area contributed by atoms with E-state index in [1.807, 2.05) is 39.8 Å². The van der Waals surface area contributed by atoms with Crippen LogP contribution >= 0.6 is 0 Å². The third kappa shape index (κ3) is 2.62. The van der Waals surface area contributed by atoms with Crippen molar-refractivity contribution in [1.29, 1.82) is 0 Å². The Bertz CT molecular complexity index is 2170. The second kappa shape index (κ2) is 7.97. The molecule has 6 heterocycles. The summed E-state index contributed by atoms with van der Waals surface area (Å²) < 4.78 is 74.2. The number of fused-ring (bicyclic) bond motifs is 7. The van der Waals surface area contributed by atoms with Gasteiger partial charge in [0.2, 0.25) is 0 Å². The number of rotatable bonds is 0. The van der Waals surface area contributed by atoms with E-state index in [-0.39, 0.29) is 35.5 Å². The Morgan fingerprint density at radius 3 is 1.23 bits per heavy atom. The van der Waals surface area contributed by atoms with E-state index in [2.05, 4.69) is 24.3 Å². The van der Waals surface area contributed by atoms with Crippen LogP contribution in [0.3, 0.4) is 0 Å². The minimum absolute atomic E-state index is 0.169. The zero-order valence-electron chi connectivity index (χ0n) is 27.6. The average Bonchev–Trinajstić information content (AvgIpc) is 3.78. The molecular formula is C38H36B2F4N4. The molecule has 13 aliphatic rings. The first kappa shape index (κ1) is 27.1. The quantitative estimate of drug-likeness (QED) is 0.155. The highest BCUT2D eigenvalue weighted by Crippen LogP contribution is 2.61. The molecule has 0 amide bonds. The maximum Gasteiger partial charge on any atom is 0.737 e. The molecule has 0 saturated heterocycles. The van der Waals surface area contributed by atoms with Gasteiger partial charge < -0.3 is 35.2 Å². The van der Waals surface area contributed by atoms with Crippen LogP contribution in [0.15, 0.2) is 58.0 Å². The van der Waals surface area contributed by atoms with E-state index in [0.29, 0.717) is 45.6 Å². The van der Waals surface area contributed by atoms with Crippen molar-refractivity contribution in [2.24, 2.45) is 11.8 Å². The number of hydrogen-bond acceptors (Lipinski definition) is 0. The van der Waals surface area contributed by atoms with Crippen molar-refractivity contribution in [1.82, 2.24) is 8.96 Å². The van der Waals surface area contributed by atoms with Crippen molar-refractivity contribution in [3.8, 4) is 0 Å². The van der Waals surface area contributed by atoms with Gasteiger partial charge in [-0.2, -0.15) is 0 Å². The van der Waals surface area contributed by atoms with Crippen LogP contribution in [0.2, 0.25) is 0 Å². The molecular weight excluding hydrogens is 610 g/mol. The maximum absolute atomic E-state index is 17.2. The van der Waals surface area contributed by atoms with Crippen molar-refractivity contribution in [2.75, 3.05) is 0 Å². The van der Waals surface area contributed by atoms with Gasteiger partial charge in [-0.25, -0.2) is 0 Å². The third-order valence-corrected chi connectivity index (χ3v) is 14.4. The van der Waals surface area contributed by atoms with E-state index in [4.69, 9.17) is 0 Å². The molecule has 4 aliphatic heterocycles. The Morgan fingerprint density at radius 2 is 0.875 bits per heavy atom. The number of hydrogen-bond donors (Lipinski definition) is 0. The fraction of sp³-hybridized carbons (Fsp3) is 0.421. The SMILES string of the molecule is CC1=[N+]2C(=Cc3c4c(c(C)n3[B-]2(F)F)[C@@H]2C=C[C@H]4CC2)C2=C1[C@@H]1CC[C@H]2C2=C1C1=Cc3c4c(c(C)n3[B-](F)(F)[N+]1=C2C)[C@@H]1C=C[C@H]4CC1. The lowest BCUT2D eigenvalue weighted by Gasteiger charge is -2.38. The van der Waals surface area contributed by atoms with Crippen molar-refractivity contribution >= 4 is 37.5 Å². The highest BCUT2D eigenvalue weighted by Gasteiger charge is 2.64. The summed E-state index contributed by atoms with van der Waals surface area (Å²) in [5, 5.41) is 0. The first-order chi connectivity index (χ1) is 23.0. The van der Waals surface area contributed by atoms with E-state index < -0.39 is 13.9 Å². The number of halogens is 4. The van der Waals surface area contributed by atoms with Crippen molar-refractivity contribution < 1.29 is 26.2 Å². The van der Waals surface area contributed by atoms with Crippen LogP contribution in [-0.2, 0) is 0 Å². The molecule has 15 rings (SSSR count). The standard InChI is InChI=1S/C38H36B2F4N4/c1-17-31-21-5-9-23(10-6-21)35(31)27-15-29-37-26-14-13-25(33(37)19(3)47(29)39(41,42)45(17)27)38-30-16-28-36-24-11-7-22(8-12-24)32(36)18(2)46(28)40(43,44)48(30)20(4)34(26)38/h5,7,9,11,15-16,21-26H,6,8,10,12-14H2,1-4H3/t21-,22-,23+,24+,25+,26+/m1/s1. The van der Waals surface area contributed by atoms with E-state index in [1.165, 1.54) is 17.9 Å². The molecule has 0 fully saturated rings. The van der Waals surface area contributed by atoms with Gasteiger partial charge in [0.1, 0.15) is 11.4 Å². The van der Waals surface area contributed by atoms with Crippen LogP contribution < -0.4 is 0 Å². The Morgan fingerprint density at radius 1 is 0.521 bits per heavy atom. The molecule has 48 heavy (non-hydrogen) atoms. The first-order valence-electron chi connectivity index (χ1n) is 18.1. The lowest BCUT2D eigenvalue weighted by atomic mass is 9.62. The van der Waals surface area contributed by atoms with E-state index in [9.17, 15) is 0 Å². The topological polar surface area (TPSA) is 15.9 Å². The van der Waals surface area contributed by atoms with E-state index >= 15 is 17.3 Å². The second-order valence-electron chi connectivity index (χ2n) is 16.2. The average molecular weight is 646 g/mol. The number of nitrogens with zero attached hydrogens (tertiary/aromatic N) is 4. The molecule has 10 heteroatoms. The summed E-state index contributed by atoms with van der Waals surface area (Å²) in [5.74, 6) is 0.376. The Labute approximate surface area is 277 Å². The van der Waals surface area contributed by atoms with Crippen molar-refractivity contribution in [3.05, 3.63) is 103 Å². The van der Waals surface area contributed by atoms with E-state index in [1.54, 1.807) is 0 Å². The molecule has 0 radical (unpaired) electrons. The molecule has 6 bridgehead atoms. The number of allylic oxidation sites excluding steroid dienone is 8. The summed E-state index contributed by atoms with van der Waals surface area (Å²) in [7, 11) is 0. The Balaban J connectivity index is 1.07. The van der Waals surface area contributed by atoms with Crippen LogP contribution in [0.4, 0.5) is 17.3 Å². The van der Waals surface area contributed by atoms with Gasteiger partial charge in [0.15, 0.2) is 11.4 Å². The van der Waals surface area contributed by atoms with Crippen molar-refractivity contribution in [3.63, 3.8) is 0 Å². The summed E-state index contributed by atoms with van der Waals surface area (Å²) in [6.07, 6.45) is 18.6. The van der Waals surface area contributed by atoms with Gasteiger partial charge in [-0.1, -0.05) is 24.3 Å². The van der Waals surface area contributed by atoms with Crippen LogP contribution in [0.25, 0.3) is 12.2 Å². The van der Waals surface area contributed by atoms with Crippen LogP contribution in [0.5, 0.6) is 0 Å². The van der Waals surface area contributed by atoms with Gasteiger partial charge in [-0.3, -0.25) is 0 Å². The highest BCUT2D eigenvalue weighted by atomic mass is 19.3. The lowest BCUT2D eigenvalue weighted by molar-refractivity contribution is -0.364. The highest BCUT2D eigenvalue weighted by molar-refractivity contribution is 6.59. The predicted octanol–water partition coefficient (Wildman–Crippen LogP) is 8.43. The minimum Gasteiger partial charge on any atom is -0.393 e. The Hall–Kier alpha value is -3.81. The summed E-state index contributed by atoms with van der Waals surface area (Å²) in [6, 6.07) is 0. The van der Waals surface area contributed by atoms with E-state index in [0.717, 1.165) is 83.1 Å². The molecule has 2 aromatic rings. The van der Waals surface area contributed by atoms with Crippen LogP contribution in [-0.4, -0.2) is 43.3 Å². The lowest BCUT2D eigenvalue weighted by Crippen LogP contribution is -2.51. The molecule has 4 nitrogen and oxygen atoms in total. The normalized spacial score (nSPS) is 34.2. The molecule has 0 unspecified atom stereocenters. The molecule has 242 valence electrons. The molecule has 0 saturated carbocycles. The smallest absolute Gasteiger partial charge is 0.393 e.